The van der Waals surface area contributed by atoms with Gasteiger partial charge in [0.05, 0.1) is 0 Å². The first kappa shape index (κ1) is 26.6. The van der Waals surface area contributed by atoms with Gasteiger partial charge in [0.25, 0.3) is 0 Å². The Hall–Kier alpha value is -0.660. The predicted octanol–water partition coefficient (Wildman–Crippen LogP) is 5.08. The van der Waals surface area contributed by atoms with Crippen LogP contribution in [0.4, 0.5) is 0 Å². The molecule has 0 spiro atoms. The van der Waals surface area contributed by atoms with Crippen LogP contribution in [0.1, 0.15) is 110 Å². The summed E-state index contributed by atoms with van der Waals surface area (Å²) < 4.78 is 31.6. The summed E-state index contributed by atoms with van der Waals surface area (Å²) in [5.74, 6) is -0.153. The highest BCUT2D eigenvalue weighted by molar-refractivity contribution is 7.79. The molecule has 25 heavy (non-hydrogen) atoms. The van der Waals surface area contributed by atoms with Gasteiger partial charge in [-0.2, -0.15) is 8.42 Å². The first-order valence-corrected chi connectivity index (χ1v) is 11.1. The summed E-state index contributed by atoms with van der Waals surface area (Å²) in [6.07, 6.45) is 20.9. The molecule has 0 heterocycles. The molecule has 0 bridgehead atoms. The lowest BCUT2D eigenvalue weighted by Crippen LogP contribution is -2.09. The van der Waals surface area contributed by atoms with Crippen molar-refractivity contribution >= 4 is 16.3 Å². The average Bonchev–Trinajstić information content (AvgIpc) is 2.49. The molecule has 0 saturated heterocycles. The van der Waals surface area contributed by atoms with Crippen molar-refractivity contribution in [3.63, 3.8) is 0 Å². The van der Waals surface area contributed by atoms with Crippen LogP contribution in [0.5, 0.6) is 0 Å². The van der Waals surface area contributed by atoms with Crippen LogP contribution >= 0.6 is 0 Å². The van der Waals surface area contributed by atoms with Crippen molar-refractivity contribution in [2.24, 2.45) is 5.73 Å². The van der Waals surface area contributed by atoms with Crippen LogP contribution in [-0.2, 0) is 15.2 Å². The lowest BCUT2D eigenvalue weighted by molar-refractivity contribution is -0.118. The maximum absolute atomic E-state index is 10.6. The number of primary amides is 1. The van der Waals surface area contributed by atoms with Crippen molar-refractivity contribution in [1.82, 2.24) is 0 Å². The van der Waals surface area contributed by atoms with E-state index in [1.807, 2.05) is 0 Å². The molecular weight excluding hydrogens is 342 g/mol. The highest BCUT2D eigenvalue weighted by Gasteiger charge is 1.96. The van der Waals surface area contributed by atoms with Gasteiger partial charge in [-0.3, -0.25) is 13.9 Å². The smallest absolute Gasteiger partial charge is 0.370 e. The molecule has 1 amide bonds. The minimum Gasteiger partial charge on any atom is -0.370 e. The Morgan fingerprint density at radius 3 is 1.16 bits per heavy atom. The van der Waals surface area contributed by atoms with Crippen molar-refractivity contribution < 1.29 is 22.3 Å². The van der Waals surface area contributed by atoms with E-state index < -0.39 is 10.4 Å². The fourth-order valence-electron chi connectivity index (χ4n) is 2.67. The molecular formula is C18H39NO5S. The second kappa shape index (κ2) is 19.7. The van der Waals surface area contributed by atoms with Crippen LogP contribution in [0.25, 0.3) is 0 Å². The highest BCUT2D eigenvalue weighted by atomic mass is 32.3. The molecule has 0 radical (unpaired) electrons. The Morgan fingerprint density at radius 2 is 0.920 bits per heavy atom. The van der Waals surface area contributed by atoms with Gasteiger partial charge < -0.3 is 5.73 Å². The summed E-state index contributed by atoms with van der Waals surface area (Å²) in [5, 5.41) is 0. The van der Waals surface area contributed by atoms with Gasteiger partial charge in [-0.05, 0) is 6.42 Å². The van der Waals surface area contributed by atoms with Crippen LogP contribution in [0.2, 0.25) is 0 Å². The molecule has 0 aliphatic rings. The van der Waals surface area contributed by atoms with Gasteiger partial charge in [0, 0.05) is 6.42 Å². The summed E-state index contributed by atoms with van der Waals surface area (Å²) in [6.45, 7) is 2.28. The van der Waals surface area contributed by atoms with Gasteiger partial charge in [-0.1, -0.05) is 96.8 Å². The van der Waals surface area contributed by atoms with Crippen molar-refractivity contribution in [2.75, 3.05) is 0 Å². The first-order valence-electron chi connectivity index (χ1n) is 9.75. The number of hydrogen-bond donors (Lipinski definition) is 3. The fraction of sp³-hybridized carbons (Fsp3) is 0.944. The molecule has 0 aromatic carbocycles. The second-order valence-electron chi connectivity index (χ2n) is 6.61. The maximum atomic E-state index is 10.6. The van der Waals surface area contributed by atoms with Gasteiger partial charge in [0.1, 0.15) is 0 Å². The van der Waals surface area contributed by atoms with E-state index in [1.165, 1.54) is 89.9 Å². The zero-order valence-electron chi connectivity index (χ0n) is 15.9. The third kappa shape index (κ3) is 39.8. The largest absolute Gasteiger partial charge is 0.394 e. The number of carbonyl (C=O) groups is 1. The molecule has 0 aliphatic carbocycles. The molecule has 6 nitrogen and oxygen atoms in total. The van der Waals surface area contributed by atoms with Crippen molar-refractivity contribution in [3.8, 4) is 0 Å². The number of rotatable bonds is 16. The topological polar surface area (TPSA) is 118 Å². The molecule has 0 saturated carbocycles. The third-order valence-electron chi connectivity index (χ3n) is 4.03. The van der Waals surface area contributed by atoms with Crippen LogP contribution < -0.4 is 5.73 Å². The molecule has 0 rings (SSSR count). The zero-order valence-corrected chi connectivity index (χ0v) is 16.7. The zero-order chi connectivity index (χ0) is 19.4. The minimum absolute atomic E-state index is 0.153. The second-order valence-corrected chi connectivity index (χ2v) is 7.51. The normalized spacial score (nSPS) is 11.0. The molecule has 7 heteroatoms. The maximum Gasteiger partial charge on any atom is 0.394 e. The van der Waals surface area contributed by atoms with E-state index >= 15 is 0 Å². The van der Waals surface area contributed by atoms with Crippen molar-refractivity contribution in [1.29, 1.82) is 0 Å². The lowest BCUT2D eigenvalue weighted by Gasteiger charge is -2.03. The summed E-state index contributed by atoms with van der Waals surface area (Å²) >= 11 is 0. The van der Waals surface area contributed by atoms with Gasteiger partial charge in [-0.25, -0.2) is 0 Å². The molecule has 0 fully saturated rings. The number of unbranched alkanes of at least 4 members (excludes halogenated alkanes) is 14. The molecule has 0 unspecified atom stereocenters. The molecule has 0 aromatic heterocycles. The lowest BCUT2D eigenvalue weighted by atomic mass is 10.0. The highest BCUT2D eigenvalue weighted by Crippen LogP contribution is 2.13. The van der Waals surface area contributed by atoms with E-state index in [2.05, 4.69) is 6.92 Å². The Morgan fingerprint density at radius 1 is 0.680 bits per heavy atom. The fourth-order valence-corrected chi connectivity index (χ4v) is 2.67. The Bertz CT molecular complexity index is 377. The first-order chi connectivity index (χ1) is 11.8. The monoisotopic (exact) mass is 381 g/mol. The van der Waals surface area contributed by atoms with Gasteiger partial charge in [0.15, 0.2) is 0 Å². The van der Waals surface area contributed by atoms with Gasteiger partial charge >= 0.3 is 10.4 Å². The standard InChI is InChI=1S/C18H37NO.H2O4S/c1-2-3-4-5-6-7-8-9-10-11-12-13-14-15-16-17-18(19)20;1-5(2,3)4/h2-17H2,1H3,(H2,19,20);(H2,1,2,3,4). The Labute approximate surface area is 154 Å². The molecule has 0 aliphatic heterocycles. The summed E-state index contributed by atoms with van der Waals surface area (Å²) in [7, 11) is -4.67. The molecule has 152 valence electrons. The quantitative estimate of drug-likeness (QED) is 0.254. The van der Waals surface area contributed by atoms with Crippen LogP contribution in [-0.4, -0.2) is 23.4 Å². The molecule has 4 N–H and O–H groups in total. The summed E-state index contributed by atoms with van der Waals surface area (Å²) in [4.78, 5) is 10.6. The van der Waals surface area contributed by atoms with Crippen LogP contribution in [0.15, 0.2) is 0 Å². The Kier molecular flexibility index (Phi) is 20.9. The van der Waals surface area contributed by atoms with Gasteiger partial charge in [0.2, 0.25) is 5.91 Å². The van der Waals surface area contributed by atoms with E-state index in [-0.39, 0.29) is 5.91 Å². The van der Waals surface area contributed by atoms with E-state index in [1.54, 1.807) is 0 Å². The van der Waals surface area contributed by atoms with Crippen LogP contribution in [0, 0.1) is 0 Å². The van der Waals surface area contributed by atoms with E-state index in [9.17, 15) is 4.79 Å². The molecule has 0 atom stereocenters. The van der Waals surface area contributed by atoms with Gasteiger partial charge in [-0.15, -0.1) is 0 Å². The predicted molar refractivity (Wildman–Crippen MR) is 103 cm³/mol. The Balaban J connectivity index is 0. The third-order valence-corrected chi connectivity index (χ3v) is 4.03. The van der Waals surface area contributed by atoms with Crippen LogP contribution in [0.3, 0.4) is 0 Å². The number of amides is 1. The minimum atomic E-state index is -4.67. The van der Waals surface area contributed by atoms with E-state index in [0.29, 0.717) is 6.42 Å². The van der Waals surface area contributed by atoms with E-state index in [0.717, 1.165) is 6.42 Å². The van der Waals surface area contributed by atoms with Crippen molar-refractivity contribution in [3.05, 3.63) is 0 Å². The number of hydrogen-bond acceptors (Lipinski definition) is 3. The average molecular weight is 382 g/mol. The number of nitrogens with two attached hydrogens (primary N) is 1. The molecule has 0 aromatic rings. The van der Waals surface area contributed by atoms with E-state index in [4.69, 9.17) is 23.3 Å². The number of carbonyl (C=O) groups excluding carboxylic acids is 1. The summed E-state index contributed by atoms with van der Waals surface area (Å²) in [6, 6.07) is 0. The SMILES string of the molecule is CCCCCCCCCCCCCCCCCC(N)=O.O=S(=O)(O)O. The summed E-state index contributed by atoms with van der Waals surface area (Å²) in [5.41, 5.74) is 5.11. The van der Waals surface area contributed by atoms with Crippen molar-refractivity contribution in [2.45, 2.75) is 110 Å².